The molecule has 230 valence electrons. The summed E-state index contributed by atoms with van der Waals surface area (Å²) >= 11 is 0. The van der Waals surface area contributed by atoms with E-state index in [4.69, 9.17) is 4.74 Å². The number of hydrogen-bond acceptors (Lipinski definition) is 8. The third-order valence-corrected chi connectivity index (χ3v) is 8.84. The van der Waals surface area contributed by atoms with Crippen molar-refractivity contribution in [2.75, 3.05) is 31.1 Å². The number of rotatable bonds is 10. The number of carbonyl (C=O) groups is 4. The zero-order chi connectivity index (χ0) is 31.3. The molecule has 3 aromatic carbocycles. The molecule has 0 bridgehead atoms. The summed E-state index contributed by atoms with van der Waals surface area (Å²) in [6, 6.07) is 21.2. The van der Waals surface area contributed by atoms with Gasteiger partial charge in [-0.15, -0.1) is 0 Å². The van der Waals surface area contributed by atoms with E-state index in [1.807, 2.05) is 18.2 Å². The number of amides is 3. The van der Waals surface area contributed by atoms with E-state index < -0.39 is 11.9 Å². The first kappa shape index (κ1) is 30.0. The summed E-state index contributed by atoms with van der Waals surface area (Å²) in [7, 11) is 0. The van der Waals surface area contributed by atoms with Crippen LogP contribution in [0.1, 0.15) is 57.4 Å². The normalized spacial score (nSPS) is 18.4. The third kappa shape index (κ3) is 6.59. The molecule has 3 aromatic rings. The highest BCUT2D eigenvalue weighted by atomic mass is 16.5. The van der Waals surface area contributed by atoms with Crippen LogP contribution in [-0.2, 0) is 40.5 Å². The molecule has 3 aliphatic heterocycles. The van der Waals surface area contributed by atoms with Gasteiger partial charge in [0.1, 0.15) is 24.7 Å². The zero-order valence-electron chi connectivity index (χ0n) is 25.0. The van der Waals surface area contributed by atoms with Crippen molar-refractivity contribution in [3.63, 3.8) is 0 Å². The molecular formula is C35H35N5O5. The highest BCUT2D eigenvalue weighted by molar-refractivity contribution is 6.05. The minimum absolute atomic E-state index is 0.216. The lowest BCUT2D eigenvalue weighted by molar-refractivity contribution is -0.136. The Labute approximate surface area is 262 Å². The summed E-state index contributed by atoms with van der Waals surface area (Å²) in [6.45, 7) is 5.07. The molecule has 1 N–H and O–H groups in total. The zero-order valence-corrected chi connectivity index (χ0v) is 25.0. The summed E-state index contributed by atoms with van der Waals surface area (Å²) in [5, 5.41) is 11.7. The van der Waals surface area contributed by atoms with Crippen LogP contribution in [-0.4, -0.2) is 66.0 Å². The molecule has 0 saturated carbocycles. The number of imide groups is 1. The van der Waals surface area contributed by atoms with Crippen LogP contribution in [0.15, 0.2) is 60.7 Å². The fraction of sp³-hybridized carbons (Fsp3) is 0.343. The number of nitriles is 1. The number of carbonyl (C=O) groups excluding carboxylic acids is 4. The molecule has 0 radical (unpaired) electrons. The molecule has 6 rings (SSSR count). The van der Waals surface area contributed by atoms with Gasteiger partial charge in [0.15, 0.2) is 0 Å². The molecule has 10 nitrogen and oxygen atoms in total. The third-order valence-electron chi connectivity index (χ3n) is 8.84. The largest absolute Gasteiger partial charge is 0.489 e. The molecule has 3 aliphatic rings. The lowest BCUT2D eigenvalue weighted by atomic mass is 10.0. The van der Waals surface area contributed by atoms with Gasteiger partial charge in [0, 0.05) is 62.4 Å². The SMILES string of the molecule is N#Cc1ccc(N2CCN(Cc3ccc(COc4cccc5c4CN(C4CCC(=O)NC4=O)C5=O)cc3)CC2)cc1CCC=O. The van der Waals surface area contributed by atoms with E-state index in [-0.39, 0.29) is 24.8 Å². The molecule has 45 heavy (non-hydrogen) atoms. The second-order valence-corrected chi connectivity index (χ2v) is 11.7. The second-order valence-electron chi connectivity index (χ2n) is 11.7. The highest BCUT2D eigenvalue weighted by Crippen LogP contribution is 2.34. The van der Waals surface area contributed by atoms with E-state index in [1.54, 1.807) is 12.1 Å². The van der Waals surface area contributed by atoms with Crippen molar-refractivity contribution in [3.05, 3.63) is 94.0 Å². The Hall–Kier alpha value is -5.01. The Balaban J connectivity index is 1.01. The average molecular weight is 606 g/mol. The highest BCUT2D eigenvalue weighted by Gasteiger charge is 2.40. The van der Waals surface area contributed by atoms with Gasteiger partial charge in [-0.2, -0.15) is 5.26 Å². The van der Waals surface area contributed by atoms with Crippen molar-refractivity contribution < 1.29 is 23.9 Å². The van der Waals surface area contributed by atoms with Crippen LogP contribution < -0.4 is 15.0 Å². The number of piperidine rings is 1. The van der Waals surface area contributed by atoms with Crippen LogP contribution in [0.2, 0.25) is 0 Å². The quantitative estimate of drug-likeness (QED) is 0.276. The average Bonchev–Trinajstić information content (AvgIpc) is 3.40. The summed E-state index contributed by atoms with van der Waals surface area (Å²) in [5.74, 6) is -0.328. The van der Waals surface area contributed by atoms with Gasteiger partial charge in [-0.3, -0.25) is 24.6 Å². The first-order valence-electron chi connectivity index (χ1n) is 15.3. The van der Waals surface area contributed by atoms with E-state index in [0.717, 1.165) is 61.4 Å². The molecule has 3 heterocycles. The molecule has 1 atom stereocenters. The molecule has 0 aromatic heterocycles. The number of aldehydes is 1. The Morgan fingerprint density at radius 1 is 0.978 bits per heavy atom. The number of aryl methyl sites for hydroxylation is 1. The monoisotopic (exact) mass is 605 g/mol. The predicted molar refractivity (Wildman–Crippen MR) is 166 cm³/mol. The van der Waals surface area contributed by atoms with Crippen LogP contribution in [0.25, 0.3) is 0 Å². The first-order chi connectivity index (χ1) is 21.9. The maximum absolute atomic E-state index is 13.1. The number of benzene rings is 3. The van der Waals surface area contributed by atoms with E-state index in [0.29, 0.717) is 42.7 Å². The van der Waals surface area contributed by atoms with Crippen LogP contribution in [0, 0.1) is 11.3 Å². The smallest absolute Gasteiger partial charge is 0.255 e. The summed E-state index contributed by atoms with van der Waals surface area (Å²) in [4.78, 5) is 54.2. The van der Waals surface area contributed by atoms with Gasteiger partial charge in [-0.1, -0.05) is 30.3 Å². The molecule has 0 aliphatic carbocycles. The van der Waals surface area contributed by atoms with E-state index in [1.165, 1.54) is 10.5 Å². The molecule has 2 fully saturated rings. The minimum atomic E-state index is -0.658. The molecule has 10 heteroatoms. The number of hydrogen-bond donors (Lipinski definition) is 1. The Kier molecular flexibility index (Phi) is 8.89. The summed E-state index contributed by atoms with van der Waals surface area (Å²) in [6.07, 6.45) is 2.43. The van der Waals surface area contributed by atoms with Crippen LogP contribution in [0.3, 0.4) is 0 Å². The van der Waals surface area contributed by atoms with Gasteiger partial charge in [-0.05, 0) is 59.9 Å². The fourth-order valence-corrected chi connectivity index (χ4v) is 6.32. The Bertz CT molecular complexity index is 1660. The molecule has 1 unspecified atom stereocenters. The number of anilines is 1. The van der Waals surface area contributed by atoms with Crippen molar-refractivity contribution in [2.24, 2.45) is 0 Å². The Morgan fingerprint density at radius 2 is 1.76 bits per heavy atom. The lowest BCUT2D eigenvalue weighted by Crippen LogP contribution is -2.52. The molecular weight excluding hydrogens is 570 g/mol. The van der Waals surface area contributed by atoms with Crippen LogP contribution >= 0.6 is 0 Å². The van der Waals surface area contributed by atoms with Gasteiger partial charge < -0.3 is 19.3 Å². The second kappa shape index (κ2) is 13.3. The topological polar surface area (TPSA) is 123 Å². The fourth-order valence-electron chi connectivity index (χ4n) is 6.32. The van der Waals surface area contributed by atoms with Crippen molar-refractivity contribution in [2.45, 2.75) is 51.4 Å². The van der Waals surface area contributed by atoms with Crippen molar-refractivity contribution in [1.29, 1.82) is 5.26 Å². The first-order valence-corrected chi connectivity index (χ1v) is 15.3. The van der Waals surface area contributed by atoms with Gasteiger partial charge >= 0.3 is 0 Å². The summed E-state index contributed by atoms with van der Waals surface area (Å²) in [5.41, 5.74) is 6.18. The van der Waals surface area contributed by atoms with Gasteiger partial charge in [0.2, 0.25) is 11.8 Å². The maximum atomic E-state index is 13.1. The maximum Gasteiger partial charge on any atom is 0.255 e. The van der Waals surface area contributed by atoms with Gasteiger partial charge in [0.25, 0.3) is 5.91 Å². The Morgan fingerprint density at radius 3 is 2.49 bits per heavy atom. The number of nitrogens with zero attached hydrogens (tertiary/aromatic N) is 4. The van der Waals surface area contributed by atoms with E-state index in [2.05, 4.69) is 51.5 Å². The van der Waals surface area contributed by atoms with Crippen molar-refractivity contribution >= 4 is 29.7 Å². The minimum Gasteiger partial charge on any atom is -0.489 e. The van der Waals surface area contributed by atoms with Gasteiger partial charge in [-0.25, -0.2) is 0 Å². The van der Waals surface area contributed by atoms with Gasteiger partial charge in [0.05, 0.1) is 18.2 Å². The van der Waals surface area contributed by atoms with Crippen molar-refractivity contribution in [3.8, 4) is 11.8 Å². The number of nitrogens with one attached hydrogen (secondary N) is 1. The number of ether oxygens (including phenoxy) is 1. The molecule has 0 spiro atoms. The molecule has 3 amide bonds. The predicted octanol–water partition coefficient (Wildman–Crippen LogP) is 3.35. The molecule has 2 saturated heterocycles. The number of fused-ring (bicyclic) bond motifs is 1. The standard InChI is InChI=1S/C35H35N5O5/c36-20-27-10-11-28(19-26(27)3-2-18-41)39-16-14-38(15-17-39)21-24-6-8-25(9-7-24)23-45-32-5-1-4-29-30(32)22-40(35(29)44)31-12-13-33(42)37-34(31)43/h1,4-11,18-19,31H,2-3,12-17,21-23H2,(H,37,42,43). The van der Waals surface area contributed by atoms with E-state index in [9.17, 15) is 24.4 Å². The summed E-state index contributed by atoms with van der Waals surface area (Å²) < 4.78 is 6.17. The number of piperazine rings is 1. The van der Waals surface area contributed by atoms with Crippen molar-refractivity contribution in [1.82, 2.24) is 15.1 Å². The van der Waals surface area contributed by atoms with Crippen LogP contribution in [0.5, 0.6) is 5.75 Å². The lowest BCUT2D eigenvalue weighted by Gasteiger charge is -2.36. The van der Waals surface area contributed by atoms with Crippen LogP contribution in [0.4, 0.5) is 5.69 Å². The van der Waals surface area contributed by atoms with E-state index >= 15 is 0 Å².